The number of fused-ring (bicyclic) bond motifs is 2. The molecule has 2 nitrogen and oxygen atoms in total. The summed E-state index contributed by atoms with van der Waals surface area (Å²) in [5, 5.41) is 0. The van der Waals surface area contributed by atoms with Crippen LogP contribution in [0, 0.1) is 0 Å². The number of rotatable bonds is 5. The van der Waals surface area contributed by atoms with Crippen LogP contribution in [0.2, 0.25) is 0 Å². The SMILES string of the molecule is CCCCC(C)N1CC2CC(C1)N2CC(F)(F)F. The van der Waals surface area contributed by atoms with Crippen molar-refractivity contribution in [1.29, 1.82) is 0 Å². The van der Waals surface area contributed by atoms with Gasteiger partial charge in [-0.1, -0.05) is 19.8 Å². The monoisotopic (exact) mass is 264 g/mol. The van der Waals surface area contributed by atoms with Crippen LogP contribution in [0.1, 0.15) is 39.5 Å². The van der Waals surface area contributed by atoms with Gasteiger partial charge in [-0.05, 0) is 19.8 Å². The van der Waals surface area contributed by atoms with Crippen molar-refractivity contribution in [2.24, 2.45) is 0 Å². The average molecular weight is 264 g/mol. The minimum absolute atomic E-state index is 0.134. The number of piperidine rings is 1. The van der Waals surface area contributed by atoms with E-state index in [0.717, 1.165) is 25.9 Å². The maximum absolute atomic E-state index is 12.4. The summed E-state index contributed by atoms with van der Waals surface area (Å²) < 4.78 is 37.2. The Balaban J connectivity index is 1.80. The maximum Gasteiger partial charge on any atom is 0.401 e. The summed E-state index contributed by atoms with van der Waals surface area (Å²) in [5.41, 5.74) is 0. The minimum atomic E-state index is -4.05. The lowest BCUT2D eigenvalue weighted by atomic mass is 9.86. The van der Waals surface area contributed by atoms with Crippen molar-refractivity contribution in [3.05, 3.63) is 0 Å². The highest BCUT2D eigenvalue weighted by atomic mass is 19.4. The molecule has 0 spiro atoms. The zero-order valence-electron chi connectivity index (χ0n) is 11.2. The van der Waals surface area contributed by atoms with Crippen LogP contribution in [-0.4, -0.2) is 53.7 Å². The van der Waals surface area contributed by atoms with E-state index in [1.165, 1.54) is 12.8 Å². The third kappa shape index (κ3) is 3.18. The molecule has 0 aliphatic carbocycles. The highest BCUT2D eigenvalue weighted by Gasteiger charge is 2.49. The van der Waals surface area contributed by atoms with Crippen LogP contribution >= 0.6 is 0 Å². The Morgan fingerprint density at radius 2 is 1.83 bits per heavy atom. The van der Waals surface area contributed by atoms with E-state index < -0.39 is 12.7 Å². The number of hydrogen-bond acceptors (Lipinski definition) is 2. The van der Waals surface area contributed by atoms with Crippen LogP contribution in [0.15, 0.2) is 0 Å². The fourth-order valence-electron chi connectivity index (χ4n) is 3.23. The third-order valence-electron chi connectivity index (χ3n) is 4.33. The molecule has 3 rings (SSSR count). The quantitative estimate of drug-likeness (QED) is 0.753. The lowest BCUT2D eigenvalue weighted by Gasteiger charge is -2.57. The van der Waals surface area contributed by atoms with Gasteiger partial charge in [-0.25, -0.2) is 0 Å². The molecule has 3 aliphatic heterocycles. The van der Waals surface area contributed by atoms with E-state index in [0.29, 0.717) is 6.04 Å². The smallest absolute Gasteiger partial charge is 0.298 e. The maximum atomic E-state index is 12.4. The minimum Gasteiger partial charge on any atom is -0.298 e. The largest absolute Gasteiger partial charge is 0.401 e. The Labute approximate surface area is 107 Å². The molecule has 0 aromatic heterocycles. The molecule has 5 heteroatoms. The molecule has 106 valence electrons. The van der Waals surface area contributed by atoms with Gasteiger partial charge in [-0.2, -0.15) is 13.2 Å². The van der Waals surface area contributed by atoms with Crippen molar-refractivity contribution >= 4 is 0 Å². The normalized spacial score (nSPS) is 31.2. The van der Waals surface area contributed by atoms with Gasteiger partial charge in [0.05, 0.1) is 6.54 Å². The van der Waals surface area contributed by atoms with E-state index in [1.807, 2.05) is 0 Å². The predicted octanol–water partition coefficient (Wildman–Crippen LogP) is 2.89. The second kappa shape index (κ2) is 5.37. The first-order chi connectivity index (χ1) is 8.40. The van der Waals surface area contributed by atoms with Crippen molar-refractivity contribution in [2.75, 3.05) is 19.6 Å². The Kier molecular flexibility index (Phi) is 4.22. The molecule has 2 bridgehead atoms. The number of hydrogen-bond donors (Lipinski definition) is 0. The molecule has 0 amide bonds. The molecule has 0 aromatic carbocycles. The third-order valence-corrected chi connectivity index (χ3v) is 4.33. The first kappa shape index (κ1) is 14.1. The van der Waals surface area contributed by atoms with Crippen LogP contribution in [-0.2, 0) is 0 Å². The Hall–Kier alpha value is -0.290. The Bertz CT molecular complexity index is 268. The van der Waals surface area contributed by atoms with Crippen LogP contribution in [0.5, 0.6) is 0 Å². The summed E-state index contributed by atoms with van der Waals surface area (Å²) in [4.78, 5) is 4.02. The summed E-state index contributed by atoms with van der Waals surface area (Å²) in [6.45, 7) is 5.29. The lowest BCUT2D eigenvalue weighted by Crippen LogP contribution is -2.70. The first-order valence-corrected chi connectivity index (χ1v) is 6.97. The van der Waals surface area contributed by atoms with E-state index >= 15 is 0 Å². The van der Waals surface area contributed by atoms with E-state index in [2.05, 4.69) is 18.7 Å². The van der Waals surface area contributed by atoms with Crippen LogP contribution in [0.4, 0.5) is 13.2 Å². The van der Waals surface area contributed by atoms with Gasteiger partial charge in [-0.15, -0.1) is 0 Å². The molecular formula is C13H23F3N2. The standard InChI is InChI=1S/C13H23F3N2/c1-3-4-5-10(2)17-7-11-6-12(8-17)18(11)9-13(14,15)16/h10-12H,3-9H2,1-2H3. The lowest BCUT2D eigenvalue weighted by molar-refractivity contribution is -0.190. The van der Waals surface area contributed by atoms with Crippen LogP contribution < -0.4 is 0 Å². The predicted molar refractivity (Wildman–Crippen MR) is 65.5 cm³/mol. The van der Waals surface area contributed by atoms with Crippen molar-refractivity contribution in [1.82, 2.24) is 9.80 Å². The highest BCUT2D eigenvalue weighted by molar-refractivity contribution is 5.02. The molecule has 3 aliphatic rings. The Morgan fingerprint density at radius 1 is 1.22 bits per heavy atom. The molecule has 0 N–H and O–H groups in total. The number of unbranched alkanes of at least 4 members (excludes halogenated alkanes) is 1. The van der Waals surface area contributed by atoms with Gasteiger partial charge < -0.3 is 0 Å². The summed E-state index contributed by atoms with van der Waals surface area (Å²) in [7, 11) is 0. The molecule has 3 atom stereocenters. The number of nitrogens with zero attached hydrogens (tertiary/aromatic N) is 2. The zero-order valence-corrected chi connectivity index (χ0v) is 11.2. The molecule has 18 heavy (non-hydrogen) atoms. The molecule has 3 heterocycles. The molecule has 0 saturated carbocycles. The molecule has 3 fully saturated rings. The molecule has 3 unspecified atom stereocenters. The first-order valence-electron chi connectivity index (χ1n) is 6.97. The van der Waals surface area contributed by atoms with Crippen LogP contribution in [0.3, 0.4) is 0 Å². The van der Waals surface area contributed by atoms with Crippen molar-refractivity contribution in [3.8, 4) is 0 Å². The van der Waals surface area contributed by atoms with E-state index in [9.17, 15) is 13.2 Å². The van der Waals surface area contributed by atoms with Crippen molar-refractivity contribution in [3.63, 3.8) is 0 Å². The van der Waals surface area contributed by atoms with Gasteiger partial charge >= 0.3 is 6.18 Å². The molecular weight excluding hydrogens is 241 g/mol. The molecule has 0 radical (unpaired) electrons. The second-order valence-corrected chi connectivity index (χ2v) is 5.78. The zero-order chi connectivity index (χ0) is 13.3. The average Bonchev–Trinajstić information content (AvgIpc) is 2.32. The highest BCUT2D eigenvalue weighted by Crippen LogP contribution is 2.36. The van der Waals surface area contributed by atoms with Crippen molar-refractivity contribution in [2.45, 2.75) is 63.8 Å². The summed E-state index contributed by atoms with van der Waals surface area (Å²) >= 11 is 0. The van der Waals surface area contributed by atoms with Gasteiger partial charge in [0.1, 0.15) is 0 Å². The Morgan fingerprint density at radius 3 is 2.33 bits per heavy atom. The van der Waals surface area contributed by atoms with Gasteiger partial charge in [0.25, 0.3) is 0 Å². The van der Waals surface area contributed by atoms with Crippen LogP contribution in [0.25, 0.3) is 0 Å². The fraction of sp³-hybridized carbons (Fsp3) is 1.00. The molecule has 3 saturated heterocycles. The van der Waals surface area contributed by atoms with Gasteiger partial charge in [0, 0.05) is 31.2 Å². The molecule has 0 aromatic rings. The van der Waals surface area contributed by atoms with E-state index in [1.54, 1.807) is 4.90 Å². The van der Waals surface area contributed by atoms with Gasteiger partial charge in [0.15, 0.2) is 0 Å². The van der Waals surface area contributed by atoms with E-state index in [4.69, 9.17) is 0 Å². The second-order valence-electron chi connectivity index (χ2n) is 5.78. The number of halogens is 3. The van der Waals surface area contributed by atoms with Crippen molar-refractivity contribution < 1.29 is 13.2 Å². The summed E-state index contributed by atoms with van der Waals surface area (Å²) in [6.07, 6.45) is 0.458. The van der Waals surface area contributed by atoms with Gasteiger partial charge in [-0.3, -0.25) is 9.80 Å². The van der Waals surface area contributed by atoms with E-state index in [-0.39, 0.29) is 12.1 Å². The number of alkyl halides is 3. The topological polar surface area (TPSA) is 6.48 Å². The van der Waals surface area contributed by atoms with Gasteiger partial charge in [0.2, 0.25) is 0 Å². The fourth-order valence-corrected chi connectivity index (χ4v) is 3.23. The summed E-state index contributed by atoms with van der Waals surface area (Å²) in [5.74, 6) is 0. The number of piperazine rings is 1. The summed E-state index contributed by atoms with van der Waals surface area (Å²) in [6, 6.07) is 0.784.